The molecule has 1 nitrogen and oxygen atoms in total. The van der Waals surface area contributed by atoms with Gasteiger partial charge in [-0.2, -0.15) is 0 Å². The van der Waals surface area contributed by atoms with E-state index in [1.165, 1.54) is 27.2 Å². The van der Waals surface area contributed by atoms with Crippen LogP contribution >= 0.6 is 0 Å². The molecule has 0 fully saturated rings. The van der Waals surface area contributed by atoms with Crippen molar-refractivity contribution in [2.45, 2.75) is 13.0 Å². The van der Waals surface area contributed by atoms with Gasteiger partial charge in [-0.25, -0.2) is 0 Å². The molecule has 1 aromatic rings. The first-order valence-electron chi connectivity index (χ1n) is 5.62. The van der Waals surface area contributed by atoms with Crippen LogP contribution in [0.25, 0.3) is 6.08 Å². The molecule has 0 spiro atoms. The summed E-state index contributed by atoms with van der Waals surface area (Å²) < 4.78 is 0. The van der Waals surface area contributed by atoms with Gasteiger partial charge in [-0.05, 0) is 30.2 Å². The number of hydrogen-bond acceptors (Lipinski definition) is 0. The number of aryl methyl sites for hydroxylation is 1. The van der Waals surface area contributed by atoms with Gasteiger partial charge in [0, 0.05) is 11.1 Å². The van der Waals surface area contributed by atoms with Crippen molar-refractivity contribution in [2.24, 2.45) is 0 Å². The van der Waals surface area contributed by atoms with Crippen LogP contribution in [0.5, 0.6) is 0 Å². The first-order chi connectivity index (χ1) is 7.77. The number of allylic oxidation sites excluding steroid dienone is 2. The molecule has 80 valence electrons. The SMILES string of the molecule is [CH2-][NH+]1C=CC=C2C=Cc3cccc(C)c3C21. The van der Waals surface area contributed by atoms with Crippen LogP contribution in [-0.4, -0.2) is 0 Å². The van der Waals surface area contributed by atoms with Crippen LogP contribution < -0.4 is 4.90 Å². The van der Waals surface area contributed by atoms with Gasteiger partial charge in [0.2, 0.25) is 0 Å². The van der Waals surface area contributed by atoms with Crippen LogP contribution in [0.1, 0.15) is 22.7 Å². The standard InChI is InChI=1S/C15H15N/c1-11-5-3-6-12-8-9-13-7-4-10-16(2)15(13)14(11)12/h3-10,15-16H,2H2,1H3. The molecule has 1 aliphatic heterocycles. The molecule has 2 unspecified atom stereocenters. The number of fused-ring (bicyclic) bond motifs is 3. The second kappa shape index (κ2) is 3.46. The number of benzene rings is 1. The van der Waals surface area contributed by atoms with Crippen LogP contribution in [0.2, 0.25) is 0 Å². The van der Waals surface area contributed by atoms with Crippen LogP contribution in [0, 0.1) is 14.0 Å². The van der Waals surface area contributed by atoms with Crippen molar-refractivity contribution in [1.82, 2.24) is 0 Å². The van der Waals surface area contributed by atoms with Gasteiger partial charge in [0.1, 0.15) is 6.04 Å². The first-order valence-corrected chi connectivity index (χ1v) is 5.62. The summed E-state index contributed by atoms with van der Waals surface area (Å²) in [5.41, 5.74) is 5.47. The Kier molecular flexibility index (Phi) is 2.08. The normalized spacial score (nSPS) is 26.0. The molecule has 16 heavy (non-hydrogen) atoms. The van der Waals surface area contributed by atoms with Crippen molar-refractivity contribution in [3.8, 4) is 0 Å². The van der Waals surface area contributed by atoms with Crippen molar-refractivity contribution in [3.05, 3.63) is 71.9 Å². The van der Waals surface area contributed by atoms with E-state index >= 15 is 0 Å². The Hall–Kier alpha value is -1.60. The summed E-state index contributed by atoms with van der Waals surface area (Å²) in [6.45, 7) is 2.18. The predicted octanol–water partition coefficient (Wildman–Crippen LogP) is 2.19. The van der Waals surface area contributed by atoms with Crippen molar-refractivity contribution >= 4 is 6.08 Å². The molecule has 1 aromatic carbocycles. The molecular weight excluding hydrogens is 194 g/mol. The lowest BCUT2D eigenvalue weighted by Gasteiger charge is -2.35. The lowest BCUT2D eigenvalue weighted by Crippen LogP contribution is -3.03. The zero-order valence-corrected chi connectivity index (χ0v) is 9.40. The topological polar surface area (TPSA) is 4.44 Å². The highest BCUT2D eigenvalue weighted by Gasteiger charge is 2.27. The van der Waals surface area contributed by atoms with Crippen LogP contribution in [0.4, 0.5) is 0 Å². The Morgan fingerprint density at radius 3 is 3.00 bits per heavy atom. The number of hydrogen-bond donors (Lipinski definition) is 1. The summed E-state index contributed by atoms with van der Waals surface area (Å²) in [4.78, 5) is 1.19. The van der Waals surface area contributed by atoms with Gasteiger partial charge < -0.3 is 4.90 Å². The molecule has 0 aromatic heterocycles. The predicted molar refractivity (Wildman–Crippen MR) is 66.5 cm³/mol. The van der Waals surface area contributed by atoms with Crippen molar-refractivity contribution in [3.63, 3.8) is 0 Å². The molecule has 0 amide bonds. The van der Waals surface area contributed by atoms with Gasteiger partial charge in [-0.1, -0.05) is 30.4 Å². The molecular formula is C15H15N. The second-order valence-corrected chi connectivity index (χ2v) is 4.44. The maximum absolute atomic E-state index is 4.18. The van der Waals surface area contributed by atoms with E-state index in [9.17, 15) is 0 Å². The summed E-state index contributed by atoms with van der Waals surface area (Å²) in [7, 11) is 4.18. The lowest BCUT2D eigenvalue weighted by atomic mass is 9.84. The summed E-state index contributed by atoms with van der Waals surface area (Å²) in [5, 5.41) is 0. The number of quaternary nitrogens is 1. The van der Waals surface area contributed by atoms with Gasteiger partial charge in [0.25, 0.3) is 0 Å². The third kappa shape index (κ3) is 1.29. The minimum absolute atomic E-state index is 0.367. The minimum atomic E-state index is 0.367. The maximum Gasteiger partial charge on any atom is 0.120 e. The van der Waals surface area contributed by atoms with Gasteiger partial charge in [0.05, 0.1) is 6.20 Å². The van der Waals surface area contributed by atoms with Gasteiger partial charge in [-0.15, -0.1) is 7.05 Å². The van der Waals surface area contributed by atoms with Crippen molar-refractivity contribution < 1.29 is 4.90 Å². The summed E-state index contributed by atoms with van der Waals surface area (Å²) in [6.07, 6.45) is 10.8. The summed E-state index contributed by atoms with van der Waals surface area (Å²) >= 11 is 0. The highest BCUT2D eigenvalue weighted by molar-refractivity contribution is 5.65. The second-order valence-electron chi connectivity index (χ2n) is 4.44. The van der Waals surface area contributed by atoms with E-state index in [-0.39, 0.29) is 0 Å². The molecule has 0 radical (unpaired) electrons. The monoisotopic (exact) mass is 209 g/mol. The lowest BCUT2D eigenvalue weighted by molar-refractivity contribution is -0.827. The van der Waals surface area contributed by atoms with E-state index in [0.29, 0.717) is 6.04 Å². The van der Waals surface area contributed by atoms with Gasteiger partial charge >= 0.3 is 0 Å². The van der Waals surface area contributed by atoms with E-state index < -0.39 is 0 Å². The molecule has 1 heteroatoms. The Morgan fingerprint density at radius 1 is 1.25 bits per heavy atom. The van der Waals surface area contributed by atoms with Crippen LogP contribution in [0.15, 0.2) is 48.2 Å². The average molecular weight is 209 g/mol. The number of rotatable bonds is 0. The summed E-state index contributed by atoms with van der Waals surface area (Å²) in [6, 6.07) is 6.85. The van der Waals surface area contributed by atoms with Gasteiger partial charge in [-0.3, -0.25) is 0 Å². The molecule has 0 bridgehead atoms. The fourth-order valence-electron chi connectivity index (χ4n) is 2.62. The number of nitrogens with one attached hydrogen (secondary N) is 1. The molecule has 1 N–H and O–H groups in total. The molecule has 1 aliphatic carbocycles. The van der Waals surface area contributed by atoms with E-state index in [1.807, 2.05) is 0 Å². The maximum atomic E-state index is 4.18. The Morgan fingerprint density at radius 2 is 2.12 bits per heavy atom. The largest absolute Gasteiger partial charge is 0.431 e. The molecule has 1 heterocycles. The molecule has 2 aliphatic rings. The zero-order chi connectivity index (χ0) is 11.1. The van der Waals surface area contributed by atoms with E-state index in [4.69, 9.17) is 0 Å². The third-order valence-electron chi connectivity index (χ3n) is 3.40. The molecule has 2 atom stereocenters. The van der Waals surface area contributed by atoms with Crippen LogP contribution in [-0.2, 0) is 0 Å². The third-order valence-corrected chi connectivity index (χ3v) is 3.40. The van der Waals surface area contributed by atoms with Crippen molar-refractivity contribution in [1.29, 1.82) is 0 Å². The Bertz CT molecular complexity index is 520. The first kappa shape index (κ1) is 9.61. The van der Waals surface area contributed by atoms with E-state index in [0.717, 1.165) is 0 Å². The highest BCUT2D eigenvalue weighted by atomic mass is 15.1. The average Bonchev–Trinajstić information content (AvgIpc) is 2.29. The zero-order valence-electron chi connectivity index (χ0n) is 9.40. The molecule has 0 saturated heterocycles. The van der Waals surface area contributed by atoms with E-state index in [2.05, 4.69) is 62.7 Å². The Labute approximate surface area is 96.4 Å². The fourth-order valence-corrected chi connectivity index (χ4v) is 2.62. The van der Waals surface area contributed by atoms with E-state index in [1.54, 1.807) is 0 Å². The molecule has 3 rings (SSSR count). The fraction of sp³-hybridized carbons (Fsp3) is 0.133. The summed E-state index contributed by atoms with van der Waals surface area (Å²) in [5.74, 6) is 0. The highest BCUT2D eigenvalue weighted by Crippen LogP contribution is 2.32. The Balaban J connectivity index is 2.24. The minimum Gasteiger partial charge on any atom is -0.431 e. The quantitative estimate of drug-likeness (QED) is 0.625. The smallest absolute Gasteiger partial charge is 0.120 e. The van der Waals surface area contributed by atoms with Crippen molar-refractivity contribution in [2.75, 3.05) is 0 Å². The molecule has 0 saturated carbocycles. The van der Waals surface area contributed by atoms with Crippen LogP contribution in [0.3, 0.4) is 0 Å². The van der Waals surface area contributed by atoms with Gasteiger partial charge in [0.15, 0.2) is 0 Å².